The van der Waals surface area contributed by atoms with E-state index in [1.54, 1.807) is 37.3 Å². The number of aryl methyl sites for hydroxylation is 2. The van der Waals surface area contributed by atoms with Gasteiger partial charge in [-0.3, -0.25) is 4.79 Å². The molecule has 1 N–H and O–H groups in total. The number of rotatable bonds is 5. The van der Waals surface area contributed by atoms with Crippen molar-refractivity contribution < 1.29 is 18.8 Å². The summed E-state index contributed by atoms with van der Waals surface area (Å²) in [5.74, 6) is -1.08. The minimum Gasteiger partial charge on any atom is -0.452 e. The van der Waals surface area contributed by atoms with Crippen molar-refractivity contribution in [1.29, 1.82) is 0 Å². The quantitative estimate of drug-likeness (QED) is 0.501. The summed E-state index contributed by atoms with van der Waals surface area (Å²) in [6, 6.07) is 18.3. The number of carbonyl (C=O) groups excluding carboxylic acids is 2. The molecule has 2 aromatic carbocycles. The minimum atomic E-state index is -0.648. The Morgan fingerprint density at radius 2 is 1.77 bits per heavy atom. The maximum atomic E-state index is 12.8. The van der Waals surface area contributed by atoms with E-state index < -0.39 is 18.5 Å². The van der Waals surface area contributed by atoms with Gasteiger partial charge in [0.1, 0.15) is 0 Å². The van der Waals surface area contributed by atoms with Crippen molar-refractivity contribution in [3.05, 3.63) is 77.5 Å². The summed E-state index contributed by atoms with van der Waals surface area (Å²) in [4.78, 5) is 29.4. The Labute approximate surface area is 172 Å². The molecule has 0 saturated carbocycles. The Morgan fingerprint density at radius 3 is 2.50 bits per heavy atom. The zero-order valence-electron chi connectivity index (χ0n) is 16.5. The van der Waals surface area contributed by atoms with E-state index in [1.807, 2.05) is 37.3 Å². The number of amides is 1. The van der Waals surface area contributed by atoms with Crippen LogP contribution < -0.4 is 5.32 Å². The highest BCUT2D eigenvalue weighted by Crippen LogP contribution is 2.27. The van der Waals surface area contributed by atoms with Crippen molar-refractivity contribution in [3.8, 4) is 11.3 Å². The second-order valence-electron chi connectivity index (χ2n) is 6.86. The molecule has 0 bridgehead atoms. The highest BCUT2D eigenvalue weighted by Gasteiger charge is 2.21. The highest BCUT2D eigenvalue weighted by atomic mass is 16.5. The van der Waals surface area contributed by atoms with Crippen LogP contribution in [0.5, 0.6) is 0 Å². The van der Waals surface area contributed by atoms with Crippen molar-refractivity contribution in [2.24, 2.45) is 0 Å². The van der Waals surface area contributed by atoms with E-state index in [-0.39, 0.29) is 11.3 Å². The molecule has 150 valence electrons. The number of anilines is 1. The van der Waals surface area contributed by atoms with Gasteiger partial charge in [-0.2, -0.15) is 0 Å². The maximum Gasteiger partial charge on any atom is 0.339 e. The summed E-state index contributed by atoms with van der Waals surface area (Å²) >= 11 is 0. The normalized spacial score (nSPS) is 10.7. The lowest BCUT2D eigenvalue weighted by Gasteiger charge is -2.09. The molecule has 4 rings (SSSR count). The monoisotopic (exact) mass is 401 g/mol. The number of hydrogen-bond acceptors (Lipinski definition) is 6. The third-order valence-electron chi connectivity index (χ3n) is 4.58. The molecule has 0 spiro atoms. The van der Waals surface area contributed by atoms with Gasteiger partial charge in [-0.25, -0.2) is 9.78 Å². The molecule has 0 saturated heterocycles. The first-order valence-electron chi connectivity index (χ1n) is 9.37. The largest absolute Gasteiger partial charge is 0.452 e. The number of carbonyl (C=O) groups is 2. The van der Waals surface area contributed by atoms with E-state index in [0.717, 1.165) is 11.1 Å². The average Bonchev–Trinajstić information content (AvgIpc) is 3.13. The third-order valence-corrected chi connectivity index (χ3v) is 4.58. The first-order chi connectivity index (χ1) is 14.5. The number of nitrogens with one attached hydrogen (secondary N) is 1. The van der Waals surface area contributed by atoms with E-state index in [9.17, 15) is 9.59 Å². The minimum absolute atomic E-state index is 0.242. The van der Waals surface area contributed by atoms with Crippen LogP contribution >= 0.6 is 0 Å². The number of fused-ring (bicyclic) bond motifs is 1. The van der Waals surface area contributed by atoms with Crippen LogP contribution in [-0.2, 0) is 9.53 Å². The van der Waals surface area contributed by atoms with Gasteiger partial charge in [-0.1, -0.05) is 53.2 Å². The van der Waals surface area contributed by atoms with Crippen LogP contribution in [-0.4, -0.2) is 28.6 Å². The molecule has 0 aliphatic carbocycles. The predicted molar refractivity (Wildman–Crippen MR) is 112 cm³/mol. The number of esters is 1. The number of hydrogen-bond donors (Lipinski definition) is 1. The van der Waals surface area contributed by atoms with E-state index >= 15 is 0 Å². The van der Waals surface area contributed by atoms with Gasteiger partial charge in [0.25, 0.3) is 11.6 Å². The Bertz CT molecular complexity index is 1210. The summed E-state index contributed by atoms with van der Waals surface area (Å²) in [6.07, 6.45) is 0. The van der Waals surface area contributed by atoms with Gasteiger partial charge in [-0.15, -0.1) is 0 Å². The molecule has 0 fully saturated rings. The van der Waals surface area contributed by atoms with Crippen molar-refractivity contribution in [2.45, 2.75) is 13.8 Å². The summed E-state index contributed by atoms with van der Waals surface area (Å²) in [5, 5.41) is 7.06. The molecular formula is C23H19N3O4. The number of para-hydroxylation sites is 1. The van der Waals surface area contributed by atoms with Gasteiger partial charge >= 0.3 is 5.97 Å². The molecule has 7 nitrogen and oxygen atoms in total. The van der Waals surface area contributed by atoms with Gasteiger partial charge in [0.2, 0.25) is 0 Å². The maximum absolute atomic E-state index is 12.8. The predicted octanol–water partition coefficient (Wildman–Crippen LogP) is 4.30. The Kier molecular flexibility index (Phi) is 5.26. The molecular weight excluding hydrogens is 382 g/mol. The van der Waals surface area contributed by atoms with Gasteiger partial charge in [0.05, 0.1) is 22.3 Å². The van der Waals surface area contributed by atoms with E-state index in [1.165, 1.54) is 0 Å². The molecule has 7 heteroatoms. The zero-order chi connectivity index (χ0) is 21.1. The molecule has 0 aliphatic heterocycles. The summed E-state index contributed by atoms with van der Waals surface area (Å²) in [6.45, 7) is 3.29. The van der Waals surface area contributed by atoms with Crippen LogP contribution in [0.25, 0.3) is 22.4 Å². The topological polar surface area (TPSA) is 94.3 Å². The smallest absolute Gasteiger partial charge is 0.339 e. The average molecular weight is 401 g/mol. The Morgan fingerprint density at radius 1 is 1.03 bits per heavy atom. The summed E-state index contributed by atoms with van der Waals surface area (Å²) in [5.41, 5.74) is 4.13. The Balaban J connectivity index is 1.58. The molecule has 0 unspecified atom stereocenters. The number of ether oxygens (including phenoxy) is 1. The second-order valence-corrected chi connectivity index (χ2v) is 6.86. The van der Waals surface area contributed by atoms with E-state index in [0.29, 0.717) is 22.5 Å². The van der Waals surface area contributed by atoms with Crippen LogP contribution in [0.1, 0.15) is 21.6 Å². The fourth-order valence-corrected chi connectivity index (χ4v) is 3.06. The van der Waals surface area contributed by atoms with Gasteiger partial charge in [-0.05, 0) is 32.0 Å². The third kappa shape index (κ3) is 4.05. The van der Waals surface area contributed by atoms with Gasteiger partial charge < -0.3 is 14.6 Å². The van der Waals surface area contributed by atoms with Crippen LogP contribution in [0, 0.1) is 13.8 Å². The first kappa shape index (κ1) is 19.3. The van der Waals surface area contributed by atoms with Crippen molar-refractivity contribution in [1.82, 2.24) is 10.1 Å². The van der Waals surface area contributed by atoms with Gasteiger partial charge in [0.15, 0.2) is 6.61 Å². The van der Waals surface area contributed by atoms with E-state index in [4.69, 9.17) is 9.26 Å². The molecule has 0 atom stereocenters. The fraction of sp³-hybridized carbons (Fsp3) is 0.130. The number of nitrogens with zero attached hydrogens (tertiary/aromatic N) is 2. The molecule has 0 aliphatic rings. The molecule has 4 aromatic rings. The second kappa shape index (κ2) is 8.16. The molecule has 30 heavy (non-hydrogen) atoms. The number of benzene rings is 2. The van der Waals surface area contributed by atoms with Crippen LogP contribution in [0.4, 0.5) is 5.69 Å². The van der Waals surface area contributed by atoms with Crippen molar-refractivity contribution in [2.75, 3.05) is 11.9 Å². The molecule has 2 aromatic heterocycles. The zero-order valence-corrected chi connectivity index (χ0v) is 16.5. The van der Waals surface area contributed by atoms with Crippen LogP contribution in [0.15, 0.2) is 65.2 Å². The SMILES string of the molecule is Cc1ccc(-c2cc(C(=O)OCC(=O)Nc3ccccc3)c3c(C)noc3n2)cc1. The highest BCUT2D eigenvalue weighted by molar-refractivity contribution is 6.05. The molecule has 1 amide bonds. The fourth-order valence-electron chi connectivity index (χ4n) is 3.06. The Hall–Kier alpha value is -4.00. The molecule has 2 heterocycles. The van der Waals surface area contributed by atoms with Crippen LogP contribution in [0.3, 0.4) is 0 Å². The summed E-state index contributed by atoms with van der Waals surface area (Å²) < 4.78 is 10.5. The number of pyridine rings is 1. The van der Waals surface area contributed by atoms with Crippen LogP contribution in [0.2, 0.25) is 0 Å². The van der Waals surface area contributed by atoms with Crippen molar-refractivity contribution >= 4 is 28.7 Å². The molecule has 0 radical (unpaired) electrons. The lowest BCUT2D eigenvalue weighted by molar-refractivity contribution is -0.119. The first-order valence-corrected chi connectivity index (χ1v) is 9.37. The van der Waals surface area contributed by atoms with Crippen molar-refractivity contribution in [3.63, 3.8) is 0 Å². The van der Waals surface area contributed by atoms with E-state index in [2.05, 4.69) is 15.5 Å². The lowest BCUT2D eigenvalue weighted by atomic mass is 10.0. The standard InChI is InChI=1S/C23H19N3O4/c1-14-8-10-16(11-9-14)19-12-18(21-15(2)26-30-22(21)25-19)23(28)29-13-20(27)24-17-6-4-3-5-7-17/h3-12H,13H2,1-2H3,(H,24,27). The number of aromatic nitrogens is 2. The van der Waals surface area contributed by atoms with Gasteiger partial charge in [0, 0.05) is 11.3 Å². The summed E-state index contributed by atoms with van der Waals surface area (Å²) in [7, 11) is 0. The lowest BCUT2D eigenvalue weighted by Crippen LogP contribution is -2.21.